The molecule has 0 saturated heterocycles. The lowest BCUT2D eigenvalue weighted by Gasteiger charge is -2.13. The van der Waals surface area contributed by atoms with E-state index < -0.39 is 0 Å². The zero-order valence-electron chi connectivity index (χ0n) is 13.1. The summed E-state index contributed by atoms with van der Waals surface area (Å²) in [7, 11) is 4.66. The maximum absolute atomic E-state index is 12.2. The molecule has 0 aliphatic rings. The maximum atomic E-state index is 12.2. The van der Waals surface area contributed by atoms with Gasteiger partial charge in [-0.3, -0.25) is 4.79 Å². The Morgan fingerprint density at radius 1 is 0.913 bits per heavy atom. The van der Waals surface area contributed by atoms with E-state index >= 15 is 0 Å². The van der Waals surface area contributed by atoms with Crippen molar-refractivity contribution >= 4 is 34.5 Å². The van der Waals surface area contributed by atoms with Gasteiger partial charge in [0.15, 0.2) is 17.3 Å². The van der Waals surface area contributed by atoms with E-state index in [0.29, 0.717) is 22.8 Å². The number of carbonyl (C=O) groups excluding carboxylic acids is 1. The molecule has 0 aromatic heterocycles. The van der Waals surface area contributed by atoms with Crippen molar-refractivity contribution in [1.29, 1.82) is 0 Å². The summed E-state index contributed by atoms with van der Waals surface area (Å²) in [5, 5.41) is 0. The van der Waals surface area contributed by atoms with E-state index in [1.807, 2.05) is 18.2 Å². The van der Waals surface area contributed by atoms with Gasteiger partial charge in [0.25, 0.3) is 0 Å². The van der Waals surface area contributed by atoms with Gasteiger partial charge >= 0.3 is 0 Å². The second-order valence-electron chi connectivity index (χ2n) is 4.63. The van der Waals surface area contributed by atoms with Crippen LogP contribution in [0.4, 0.5) is 0 Å². The minimum Gasteiger partial charge on any atom is -0.493 e. The standard InChI is InChI=1S/C18H17IO4/c1-21-16-11-7-13(17(22-2)18(16)23-3)6-10-15(20)12-4-8-14(19)9-5-12/h4-11H,1-3H3/b10-6+. The van der Waals surface area contributed by atoms with Crippen LogP contribution in [0.2, 0.25) is 0 Å². The summed E-state index contributed by atoms with van der Waals surface area (Å²) in [5.41, 5.74) is 1.38. The molecule has 0 saturated carbocycles. The van der Waals surface area contributed by atoms with Crippen LogP contribution in [0, 0.1) is 3.57 Å². The molecule has 23 heavy (non-hydrogen) atoms. The van der Waals surface area contributed by atoms with Crippen LogP contribution in [0.25, 0.3) is 6.08 Å². The Balaban J connectivity index is 2.32. The first kappa shape index (κ1) is 17.3. The van der Waals surface area contributed by atoms with Gasteiger partial charge in [-0.15, -0.1) is 0 Å². The van der Waals surface area contributed by atoms with Crippen molar-refractivity contribution in [2.75, 3.05) is 21.3 Å². The fraction of sp³-hybridized carbons (Fsp3) is 0.167. The molecule has 0 heterocycles. The number of hydrogen-bond donors (Lipinski definition) is 0. The minimum absolute atomic E-state index is 0.0711. The zero-order chi connectivity index (χ0) is 16.8. The normalized spacial score (nSPS) is 10.6. The van der Waals surface area contributed by atoms with Crippen molar-refractivity contribution in [3.8, 4) is 17.2 Å². The predicted molar refractivity (Wildman–Crippen MR) is 98.6 cm³/mol. The monoisotopic (exact) mass is 424 g/mol. The first-order chi connectivity index (χ1) is 11.1. The lowest BCUT2D eigenvalue weighted by Crippen LogP contribution is -1.97. The topological polar surface area (TPSA) is 44.8 Å². The number of methoxy groups -OCH3 is 3. The maximum Gasteiger partial charge on any atom is 0.203 e. The number of carbonyl (C=O) groups is 1. The average Bonchev–Trinajstić information content (AvgIpc) is 2.59. The van der Waals surface area contributed by atoms with Crippen LogP contribution >= 0.6 is 22.6 Å². The third-order valence-corrected chi connectivity index (χ3v) is 4.00. The van der Waals surface area contributed by atoms with Gasteiger partial charge < -0.3 is 14.2 Å². The summed E-state index contributed by atoms with van der Waals surface area (Å²) in [6.45, 7) is 0. The number of halogens is 1. The molecule has 0 aliphatic carbocycles. The summed E-state index contributed by atoms with van der Waals surface area (Å²) in [6.07, 6.45) is 3.23. The molecule has 0 spiro atoms. The van der Waals surface area contributed by atoms with Gasteiger partial charge in [0.05, 0.1) is 21.3 Å². The van der Waals surface area contributed by atoms with Crippen molar-refractivity contribution in [2.24, 2.45) is 0 Å². The number of ether oxygens (including phenoxy) is 3. The van der Waals surface area contributed by atoms with Gasteiger partial charge in [0, 0.05) is 14.7 Å². The molecule has 120 valence electrons. The van der Waals surface area contributed by atoms with Gasteiger partial charge in [-0.25, -0.2) is 0 Å². The van der Waals surface area contributed by atoms with Crippen LogP contribution in [-0.2, 0) is 0 Å². The Morgan fingerprint density at radius 3 is 2.13 bits per heavy atom. The van der Waals surface area contributed by atoms with Crippen LogP contribution in [-0.4, -0.2) is 27.1 Å². The minimum atomic E-state index is -0.0711. The molecule has 2 aromatic carbocycles. The molecule has 0 fully saturated rings. The number of allylic oxidation sites excluding steroid dienone is 1. The van der Waals surface area contributed by atoms with Gasteiger partial charge in [-0.2, -0.15) is 0 Å². The number of rotatable bonds is 6. The quantitative estimate of drug-likeness (QED) is 0.396. The van der Waals surface area contributed by atoms with Gasteiger partial charge in [-0.1, -0.05) is 12.1 Å². The van der Waals surface area contributed by atoms with Crippen LogP contribution in [0.15, 0.2) is 42.5 Å². The molecule has 0 radical (unpaired) electrons. The first-order valence-corrected chi connectivity index (χ1v) is 7.95. The summed E-state index contributed by atoms with van der Waals surface area (Å²) in [5.74, 6) is 1.53. The second kappa shape index (κ2) is 8.01. The molecule has 0 aliphatic heterocycles. The molecular weight excluding hydrogens is 407 g/mol. The Labute approximate surface area is 149 Å². The lowest BCUT2D eigenvalue weighted by atomic mass is 10.1. The molecule has 5 heteroatoms. The predicted octanol–water partition coefficient (Wildman–Crippen LogP) is 4.21. The second-order valence-corrected chi connectivity index (χ2v) is 5.87. The van der Waals surface area contributed by atoms with Gasteiger partial charge in [-0.05, 0) is 59.0 Å². The molecule has 0 N–H and O–H groups in total. The van der Waals surface area contributed by atoms with Crippen molar-refractivity contribution in [3.63, 3.8) is 0 Å². The highest BCUT2D eigenvalue weighted by molar-refractivity contribution is 14.1. The lowest BCUT2D eigenvalue weighted by molar-refractivity contribution is 0.104. The average molecular weight is 424 g/mol. The van der Waals surface area contributed by atoms with Crippen molar-refractivity contribution < 1.29 is 19.0 Å². The Kier molecular flexibility index (Phi) is 6.04. The van der Waals surface area contributed by atoms with E-state index in [0.717, 1.165) is 9.13 Å². The summed E-state index contributed by atoms with van der Waals surface area (Å²) >= 11 is 2.20. The van der Waals surface area contributed by atoms with Crippen molar-refractivity contribution in [1.82, 2.24) is 0 Å². The number of hydrogen-bond acceptors (Lipinski definition) is 4. The molecule has 4 nitrogen and oxygen atoms in total. The van der Waals surface area contributed by atoms with Crippen molar-refractivity contribution in [3.05, 3.63) is 57.2 Å². The largest absolute Gasteiger partial charge is 0.493 e. The fourth-order valence-corrected chi connectivity index (χ4v) is 2.49. The molecule has 2 rings (SSSR count). The fourth-order valence-electron chi connectivity index (χ4n) is 2.13. The van der Waals surface area contributed by atoms with E-state index in [4.69, 9.17) is 14.2 Å². The highest BCUT2D eigenvalue weighted by Gasteiger charge is 2.14. The summed E-state index contributed by atoms with van der Waals surface area (Å²) in [6, 6.07) is 11.0. The summed E-state index contributed by atoms with van der Waals surface area (Å²) in [4.78, 5) is 12.2. The Bertz CT molecular complexity index is 721. The highest BCUT2D eigenvalue weighted by Crippen LogP contribution is 2.40. The van der Waals surface area contributed by atoms with Crippen LogP contribution < -0.4 is 14.2 Å². The highest BCUT2D eigenvalue weighted by atomic mass is 127. The van der Waals surface area contributed by atoms with Crippen LogP contribution in [0.3, 0.4) is 0 Å². The molecule has 0 bridgehead atoms. The van der Waals surface area contributed by atoms with E-state index in [9.17, 15) is 4.79 Å². The zero-order valence-corrected chi connectivity index (χ0v) is 15.3. The molecular formula is C18H17IO4. The SMILES string of the molecule is COc1ccc(/C=C/C(=O)c2ccc(I)cc2)c(OC)c1OC. The van der Waals surface area contributed by atoms with Gasteiger partial charge in [0.1, 0.15) is 0 Å². The molecule has 0 unspecified atom stereocenters. The van der Waals surface area contributed by atoms with E-state index in [-0.39, 0.29) is 5.78 Å². The molecule has 0 amide bonds. The van der Waals surface area contributed by atoms with Gasteiger partial charge in [0.2, 0.25) is 5.75 Å². The smallest absolute Gasteiger partial charge is 0.203 e. The summed E-state index contributed by atoms with van der Waals surface area (Å²) < 4.78 is 17.1. The van der Waals surface area contributed by atoms with Crippen molar-refractivity contribution in [2.45, 2.75) is 0 Å². The first-order valence-electron chi connectivity index (χ1n) is 6.87. The molecule has 0 atom stereocenters. The van der Waals surface area contributed by atoms with E-state index in [2.05, 4.69) is 22.6 Å². The third-order valence-electron chi connectivity index (χ3n) is 3.28. The Hall–Kier alpha value is -2.02. The Morgan fingerprint density at radius 2 is 1.57 bits per heavy atom. The molecule has 2 aromatic rings. The van der Waals surface area contributed by atoms with Crippen LogP contribution in [0.5, 0.6) is 17.2 Å². The number of benzene rings is 2. The number of ketones is 1. The van der Waals surface area contributed by atoms with E-state index in [1.165, 1.54) is 6.08 Å². The third kappa shape index (κ3) is 4.04. The van der Waals surface area contributed by atoms with E-state index in [1.54, 1.807) is 45.6 Å². The van der Waals surface area contributed by atoms with Crippen LogP contribution in [0.1, 0.15) is 15.9 Å².